The lowest BCUT2D eigenvalue weighted by atomic mass is 10.1. The lowest BCUT2D eigenvalue weighted by molar-refractivity contribution is 0.102. The van der Waals surface area contributed by atoms with Crippen molar-refractivity contribution in [2.24, 2.45) is 0 Å². The number of hydrogen-bond acceptors (Lipinski definition) is 4. The summed E-state index contributed by atoms with van der Waals surface area (Å²) >= 11 is 0. The van der Waals surface area contributed by atoms with E-state index in [1.807, 2.05) is 28.8 Å². The molecule has 0 atom stereocenters. The number of anilines is 1. The van der Waals surface area contributed by atoms with Crippen LogP contribution in [0, 0.1) is 0 Å². The van der Waals surface area contributed by atoms with Crippen molar-refractivity contribution in [3.63, 3.8) is 0 Å². The van der Waals surface area contributed by atoms with Crippen LogP contribution in [0.25, 0.3) is 11.0 Å². The highest BCUT2D eigenvalue weighted by Gasteiger charge is 2.23. The summed E-state index contributed by atoms with van der Waals surface area (Å²) in [5, 5.41) is 2.95. The van der Waals surface area contributed by atoms with Gasteiger partial charge in [0.15, 0.2) is 11.5 Å². The maximum atomic E-state index is 12.8. The molecule has 26 heavy (non-hydrogen) atoms. The van der Waals surface area contributed by atoms with Gasteiger partial charge in [0.1, 0.15) is 13.2 Å². The fourth-order valence-electron chi connectivity index (χ4n) is 3.15. The van der Waals surface area contributed by atoms with Crippen LogP contribution in [0.1, 0.15) is 31.1 Å². The molecular weight excluding hydrogens is 330 g/mol. The number of rotatable bonds is 2. The monoisotopic (exact) mass is 351 g/mol. The molecule has 0 bridgehead atoms. The standard InChI is InChI=1S/C20H21N3O3/c1-20(2,3)23-15-7-5-4-6-14(15)21-19(23)22-18(24)13-8-9-16-17(12-13)26-11-10-25-16/h4-9,12H,10-11H2,1-3H3,(H,21,22,24). The number of fused-ring (bicyclic) bond motifs is 2. The number of benzene rings is 2. The van der Waals surface area contributed by atoms with E-state index < -0.39 is 0 Å². The quantitative estimate of drug-likeness (QED) is 0.762. The van der Waals surface area contributed by atoms with Crippen LogP contribution in [0.2, 0.25) is 0 Å². The minimum absolute atomic E-state index is 0.231. The van der Waals surface area contributed by atoms with Gasteiger partial charge in [0.25, 0.3) is 5.91 Å². The fourth-order valence-corrected chi connectivity index (χ4v) is 3.15. The van der Waals surface area contributed by atoms with Gasteiger partial charge in [-0.3, -0.25) is 10.1 Å². The number of nitrogens with one attached hydrogen (secondary N) is 1. The Labute approximate surface area is 151 Å². The summed E-state index contributed by atoms with van der Waals surface area (Å²) in [6, 6.07) is 13.1. The largest absolute Gasteiger partial charge is 0.486 e. The van der Waals surface area contributed by atoms with E-state index in [1.54, 1.807) is 18.2 Å². The third-order valence-corrected chi connectivity index (χ3v) is 4.26. The van der Waals surface area contributed by atoms with Gasteiger partial charge in [0.05, 0.1) is 11.0 Å². The molecule has 134 valence electrons. The minimum atomic E-state index is -0.234. The van der Waals surface area contributed by atoms with Crippen molar-refractivity contribution in [3.05, 3.63) is 48.0 Å². The highest BCUT2D eigenvalue weighted by atomic mass is 16.6. The molecule has 0 saturated carbocycles. The molecule has 2 aromatic carbocycles. The van der Waals surface area contributed by atoms with Crippen LogP contribution in [-0.2, 0) is 5.54 Å². The van der Waals surface area contributed by atoms with Crippen molar-refractivity contribution >= 4 is 22.9 Å². The predicted molar refractivity (Wildman–Crippen MR) is 100 cm³/mol. The van der Waals surface area contributed by atoms with Crippen molar-refractivity contribution in [1.82, 2.24) is 9.55 Å². The molecule has 0 aliphatic carbocycles. The number of amides is 1. The second-order valence-corrected chi connectivity index (χ2v) is 7.24. The molecule has 6 heteroatoms. The third-order valence-electron chi connectivity index (χ3n) is 4.26. The van der Waals surface area contributed by atoms with Crippen LogP contribution in [0.3, 0.4) is 0 Å². The molecule has 0 unspecified atom stereocenters. The number of carbonyl (C=O) groups excluding carboxylic acids is 1. The first-order chi connectivity index (χ1) is 12.4. The molecule has 0 saturated heterocycles. The highest BCUT2D eigenvalue weighted by molar-refractivity contribution is 6.04. The van der Waals surface area contributed by atoms with Crippen LogP contribution in [0.5, 0.6) is 11.5 Å². The van der Waals surface area contributed by atoms with E-state index in [4.69, 9.17) is 9.47 Å². The molecule has 0 fully saturated rings. The molecule has 1 aromatic heterocycles. The Balaban J connectivity index is 1.70. The van der Waals surface area contributed by atoms with Crippen LogP contribution in [0.15, 0.2) is 42.5 Å². The van der Waals surface area contributed by atoms with Crippen LogP contribution in [-0.4, -0.2) is 28.7 Å². The first kappa shape index (κ1) is 16.4. The molecule has 0 radical (unpaired) electrons. The summed E-state index contributed by atoms with van der Waals surface area (Å²) in [5.41, 5.74) is 2.10. The molecule has 4 rings (SSSR count). The van der Waals surface area contributed by atoms with E-state index in [0.717, 1.165) is 11.0 Å². The van der Waals surface area contributed by atoms with Crippen LogP contribution in [0.4, 0.5) is 5.95 Å². The smallest absolute Gasteiger partial charge is 0.258 e. The Morgan fingerprint density at radius 3 is 2.58 bits per heavy atom. The van der Waals surface area contributed by atoms with Gasteiger partial charge in [0.2, 0.25) is 5.95 Å². The number of para-hydroxylation sites is 2. The van der Waals surface area contributed by atoms with E-state index in [1.165, 1.54) is 0 Å². The molecule has 1 aliphatic heterocycles. The zero-order chi connectivity index (χ0) is 18.3. The van der Waals surface area contributed by atoms with Gasteiger partial charge >= 0.3 is 0 Å². The van der Waals surface area contributed by atoms with E-state index in [2.05, 4.69) is 31.1 Å². The topological polar surface area (TPSA) is 65.4 Å². The fraction of sp³-hybridized carbons (Fsp3) is 0.300. The molecule has 1 aliphatic rings. The summed E-state index contributed by atoms with van der Waals surface area (Å²) < 4.78 is 13.1. The average molecular weight is 351 g/mol. The van der Waals surface area contributed by atoms with Gasteiger partial charge < -0.3 is 14.0 Å². The SMILES string of the molecule is CC(C)(C)n1c(NC(=O)c2ccc3c(c2)OCCO3)nc2ccccc21. The van der Waals surface area contributed by atoms with Gasteiger partial charge in [0, 0.05) is 11.1 Å². The molecule has 6 nitrogen and oxygen atoms in total. The van der Waals surface area contributed by atoms with E-state index in [9.17, 15) is 4.79 Å². The Kier molecular flexibility index (Phi) is 3.83. The van der Waals surface area contributed by atoms with Crippen molar-refractivity contribution in [2.45, 2.75) is 26.3 Å². The first-order valence-corrected chi connectivity index (χ1v) is 8.62. The Morgan fingerprint density at radius 2 is 1.81 bits per heavy atom. The number of aromatic nitrogens is 2. The Morgan fingerprint density at radius 1 is 1.08 bits per heavy atom. The maximum absolute atomic E-state index is 12.8. The second-order valence-electron chi connectivity index (χ2n) is 7.24. The van der Waals surface area contributed by atoms with Crippen LogP contribution >= 0.6 is 0 Å². The van der Waals surface area contributed by atoms with Gasteiger partial charge in [-0.25, -0.2) is 4.98 Å². The van der Waals surface area contributed by atoms with Gasteiger partial charge in [-0.1, -0.05) is 12.1 Å². The van der Waals surface area contributed by atoms with Gasteiger partial charge in [-0.15, -0.1) is 0 Å². The molecule has 3 aromatic rings. The lowest BCUT2D eigenvalue weighted by Crippen LogP contribution is -2.26. The lowest BCUT2D eigenvalue weighted by Gasteiger charge is -2.24. The number of ether oxygens (including phenoxy) is 2. The third kappa shape index (κ3) is 2.87. The molecule has 1 N–H and O–H groups in total. The summed E-state index contributed by atoms with van der Waals surface area (Å²) in [6.45, 7) is 7.26. The minimum Gasteiger partial charge on any atom is -0.486 e. The second kappa shape index (κ2) is 6.05. The van der Waals surface area contributed by atoms with Crippen molar-refractivity contribution in [1.29, 1.82) is 0 Å². The van der Waals surface area contributed by atoms with E-state index in [0.29, 0.717) is 36.2 Å². The van der Waals surface area contributed by atoms with E-state index in [-0.39, 0.29) is 11.4 Å². The number of nitrogens with zero attached hydrogens (tertiary/aromatic N) is 2. The van der Waals surface area contributed by atoms with Crippen molar-refractivity contribution in [2.75, 3.05) is 18.5 Å². The Hall–Kier alpha value is -3.02. The van der Waals surface area contributed by atoms with Crippen molar-refractivity contribution in [3.8, 4) is 11.5 Å². The maximum Gasteiger partial charge on any atom is 0.258 e. The normalized spacial score (nSPS) is 13.7. The average Bonchev–Trinajstić information content (AvgIpc) is 2.99. The summed E-state index contributed by atoms with van der Waals surface area (Å²) in [7, 11) is 0. The zero-order valence-electron chi connectivity index (χ0n) is 15.1. The first-order valence-electron chi connectivity index (χ1n) is 8.62. The number of imidazole rings is 1. The summed E-state index contributed by atoms with van der Waals surface area (Å²) in [4.78, 5) is 17.4. The molecule has 2 heterocycles. The van der Waals surface area contributed by atoms with E-state index >= 15 is 0 Å². The van der Waals surface area contributed by atoms with Crippen LogP contribution < -0.4 is 14.8 Å². The summed E-state index contributed by atoms with van der Waals surface area (Å²) in [5.74, 6) is 1.55. The predicted octanol–water partition coefficient (Wildman–Crippen LogP) is 3.81. The molecular formula is C20H21N3O3. The van der Waals surface area contributed by atoms with Gasteiger partial charge in [-0.2, -0.15) is 0 Å². The number of hydrogen-bond donors (Lipinski definition) is 1. The summed E-state index contributed by atoms with van der Waals surface area (Å²) in [6.07, 6.45) is 0. The highest BCUT2D eigenvalue weighted by Crippen LogP contribution is 2.32. The van der Waals surface area contributed by atoms with Crippen molar-refractivity contribution < 1.29 is 14.3 Å². The van der Waals surface area contributed by atoms with Gasteiger partial charge in [-0.05, 0) is 51.1 Å². The zero-order valence-corrected chi connectivity index (χ0v) is 15.1. The molecule has 0 spiro atoms. The number of carbonyl (C=O) groups is 1. The Bertz CT molecular complexity index is 986. The molecule has 1 amide bonds.